The Bertz CT molecular complexity index is 3600. The summed E-state index contributed by atoms with van der Waals surface area (Å²) in [4.78, 5) is 193. The van der Waals surface area contributed by atoms with Crippen molar-refractivity contribution >= 4 is 81.7 Å². The van der Waals surface area contributed by atoms with Crippen molar-refractivity contribution in [2.45, 2.75) is 284 Å². The van der Waals surface area contributed by atoms with Gasteiger partial charge in [-0.15, -0.1) is 0 Å². The highest BCUT2D eigenvalue weighted by atomic mass is 28.4. The Labute approximate surface area is 719 Å². The van der Waals surface area contributed by atoms with E-state index in [2.05, 4.69) is 26.6 Å². The molecule has 2 fully saturated rings. The molecule has 2 heterocycles. The van der Waals surface area contributed by atoms with Gasteiger partial charge < -0.3 is 84.7 Å². The molecule has 0 saturated carbocycles. The SMILES string of the molecule is CC[C@@H](C)[C@H]([C@H](CC(=O)N1CC(C(C)[C@@H](C)[C@H]([C@H](CC(=O)N2CCC[C@@H]2[C@H](OC)[C@H](C)C(=O)N[C@H](Cc2ccccc2)C(=O)NCC[Si](C)(C)O)OC)N(C)C(=O)[C@H](NC(=O)[C@@H](C(C)C)N(C)C)C(C)C)C[C@@H]1[C@@H](OC)[C@H](C)C(=O)N[C@H](Cc1ccccc1)C(=O)O)OC)N(C)C(=O)[C@H](NC(=O)[C@@H](C(C)C)N(C)C(=O)CCC[Si](C)(C)O)C(C)C. The smallest absolute Gasteiger partial charge is 0.326 e. The maximum absolute atomic E-state index is 16.1. The van der Waals surface area contributed by atoms with Crippen LogP contribution in [0.4, 0.5) is 0 Å². The molecule has 0 bridgehead atoms. The van der Waals surface area contributed by atoms with E-state index in [0.29, 0.717) is 49.9 Å². The number of aliphatic carboxylic acids is 1. The van der Waals surface area contributed by atoms with Crippen LogP contribution in [0.5, 0.6) is 0 Å². The molecule has 2 aromatic carbocycles. The van der Waals surface area contributed by atoms with E-state index in [9.17, 15) is 48.3 Å². The number of carboxylic acid groups (broad SMARTS) is 1. The Hall–Kier alpha value is -7.24. The van der Waals surface area contributed by atoms with Gasteiger partial charge in [0.1, 0.15) is 30.2 Å². The van der Waals surface area contributed by atoms with Crippen LogP contribution >= 0.6 is 0 Å². The van der Waals surface area contributed by atoms with Crippen molar-refractivity contribution in [2.24, 2.45) is 59.2 Å². The normalized spacial score (nSPS) is 19.6. The Morgan fingerprint density at radius 1 is 0.525 bits per heavy atom. The monoisotopic (exact) mass is 1720 g/mol. The molecule has 120 heavy (non-hydrogen) atoms. The van der Waals surface area contributed by atoms with Crippen molar-refractivity contribution in [1.82, 2.24) is 56.0 Å². The number of benzene rings is 2. The van der Waals surface area contributed by atoms with Crippen LogP contribution in [0.25, 0.3) is 0 Å². The molecule has 2 aromatic rings. The molecule has 31 heteroatoms. The number of likely N-dealkylation sites (N-methyl/N-ethyl adjacent to an activating group) is 4. The minimum atomic E-state index is -2.53. The number of nitrogens with zero attached hydrogens (tertiary/aromatic N) is 6. The number of nitrogens with one attached hydrogen (secondary N) is 5. The van der Waals surface area contributed by atoms with Crippen molar-refractivity contribution < 1.29 is 86.4 Å². The van der Waals surface area contributed by atoms with E-state index >= 15 is 19.2 Å². The number of carboxylic acids is 1. The molecule has 29 nitrogen and oxygen atoms in total. The second kappa shape index (κ2) is 48.7. The molecule has 0 radical (unpaired) electrons. The Morgan fingerprint density at radius 3 is 1.40 bits per heavy atom. The van der Waals surface area contributed by atoms with Crippen LogP contribution in [0.1, 0.15) is 159 Å². The summed E-state index contributed by atoms with van der Waals surface area (Å²) in [5, 5.41) is 25.4. The molecule has 20 atom stereocenters. The van der Waals surface area contributed by atoms with E-state index in [-0.39, 0.29) is 87.1 Å². The Balaban J connectivity index is 1.89. The van der Waals surface area contributed by atoms with Gasteiger partial charge in [0.2, 0.25) is 59.1 Å². The first-order valence-electron chi connectivity index (χ1n) is 43.4. The number of rotatable bonds is 50. The summed E-state index contributed by atoms with van der Waals surface area (Å²) in [6.45, 7) is 33.8. The van der Waals surface area contributed by atoms with Gasteiger partial charge in [-0.05, 0) is 137 Å². The standard InChI is InChI=1S/C89H153N11O18Si2/c1-28-57(10)78(97(18)87(109)74(53(2)3)94-86(108)77(56(8)9)96(17)71(101)42-36-45-119(24,25)113)69(115-20)50-73(103)100-52-64(49-68(100)81(118-23)61(14)83(105)92-66(89(111)112)48-63-39-33-30-34-40-63)58(11)59(12)79(98(19)88(110)75(54(4)5)93-85(107)76(55(6)7)95(15)16)70(116-21)51-72(102)99-44-35-41-67(99)80(117-22)60(13)82(104)91-65(47-62-37-31-29-32-38-62)84(106)90-43-46-120(26,27)114/h29-34,37-40,53-61,64-70,74-81,113-114H,28,35-36,41-52H2,1-27H3,(H,90,106)(H,91,104)(H,92,105)(H,93,107)(H,94,108)(H,111,112)/t57-,58?,59-,60+,61+,64?,65-,66-,67-,68-,69+,70+,74-,75-,76-,77-,78-,79-,80-,81+/m1/s1. The lowest BCUT2D eigenvalue weighted by Crippen LogP contribution is -2.60. The van der Waals surface area contributed by atoms with Crippen LogP contribution < -0.4 is 26.6 Å². The molecule has 0 spiro atoms. The van der Waals surface area contributed by atoms with E-state index < -0.39 is 190 Å². The highest BCUT2D eigenvalue weighted by Crippen LogP contribution is 2.41. The third-order valence-corrected chi connectivity index (χ3v) is 28.2. The molecule has 2 aliphatic rings. The Kier molecular flexibility index (Phi) is 42.7. The fourth-order valence-corrected chi connectivity index (χ4v) is 19.6. The van der Waals surface area contributed by atoms with E-state index in [1.807, 2.05) is 113 Å². The average molecular weight is 1720 g/mol. The molecule has 10 amide bonds. The second-order valence-corrected chi connectivity index (χ2v) is 45.2. The summed E-state index contributed by atoms with van der Waals surface area (Å²) in [5.74, 6) is -10.8. The molecule has 680 valence electrons. The highest BCUT2D eigenvalue weighted by Gasteiger charge is 2.51. The third-order valence-electron chi connectivity index (χ3n) is 25.1. The summed E-state index contributed by atoms with van der Waals surface area (Å²) < 4.78 is 25.5. The van der Waals surface area contributed by atoms with Crippen LogP contribution in [-0.4, -0.2) is 294 Å². The fourth-order valence-electron chi connectivity index (χ4n) is 17.8. The maximum Gasteiger partial charge on any atom is 0.326 e. The zero-order chi connectivity index (χ0) is 90.9. The van der Waals surface area contributed by atoms with Gasteiger partial charge in [0.15, 0.2) is 16.6 Å². The minimum absolute atomic E-state index is 0.0278. The van der Waals surface area contributed by atoms with Gasteiger partial charge in [0, 0.05) is 88.5 Å². The molecule has 2 aliphatic heterocycles. The maximum atomic E-state index is 16.1. The van der Waals surface area contributed by atoms with Gasteiger partial charge in [-0.25, -0.2) is 4.79 Å². The third kappa shape index (κ3) is 30.0. The van der Waals surface area contributed by atoms with Crippen LogP contribution in [0, 0.1) is 59.2 Å². The number of likely N-dealkylation sites (tertiary alicyclic amines) is 2. The van der Waals surface area contributed by atoms with Gasteiger partial charge >= 0.3 is 5.97 Å². The van der Waals surface area contributed by atoms with Gasteiger partial charge in [-0.2, -0.15) is 0 Å². The average Bonchev–Trinajstić information content (AvgIpc) is 1.59. The summed E-state index contributed by atoms with van der Waals surface area (Å²) in [5.41, 5.74) is 1.49. The van der Waals surface area contributed by atoms with Crippen LogP contribution in [0.15, 0.2) is 60.7 Å². The van der Waals surface area contributed by atoms with Crippen LogP contribution in [0.2, 0.25) is 38.3 Å². The molecule has 2 unspecified atom stereocenters. The summed E-state index contributed by atoms with van der Waals surface area (Å²) >= 11 is 0. The summed E-state index contributed by atoms with van der Waals surface area (Å²) in [6, 6.07) is 9.84. The lowest BCUT2D eigenvalue weighted by Gasteiger charge is -2.43. The van der Waals surface area contributed by atoms with Crippen molar-refractivity contribution in [2.75, 3.05) is 83.3 Å². The lowest BCUT2D eigenvalue weighted by molar-refractivity contribution is -0.149. The number of carbonyl (C=O) groups excluding carboxylic acids is 10. The molecule has 2 saturated heterocycles. The van der Waals surface area contributed by atoms with Gasteiger partial charge in [-0.3, -0.25) is 52.8 Å². The first-order valence-corrected chi connectivity index (χ1v) is 49.8. The summed E-state index contributed by atoms with van der Waals surface area (Å²) in [6.07, 6.45) is -2.04. The molecule has 0 aliphatic carbocycles. The number of ether oxygens (including phenoxy) is 4. The van der Waals surface area contributed by atoms with Gasteiger partial charge in [-0.1, -0.05) is 164 Å². The number of amides is 10. The predicted molar refractivity (Wildman–Crippen MR) is 470 cm³/mol. The summed E-state index contributed by atoms with van der Waals surface area (Å²) in [7, 11) is 9.33. The molecule has 0 aromatic heterocycles. The van der Waals surface area contributed by atoms with E-state index in [4.69, 9.17) is 18.9 Å². The first-order chi connectivity index (χ1) is 56.0. The molecule has 8 N–H and O–H groups in total. The highest BCUT2D eigenvalue weighted by molar-refractivity contribution is 6.70. The van der Waals surface area contributed by atoms with Crippen molar-refractivity contribution in [3.63, 3.8) is 0 Å². The molecule has 4 rings (SSSR count). The van der Waals surface area contributed by atoms with E-state index in [1.165, 1.54) is 33.3 Å². The minimum Gasteiger partial charge on any atom is -0.480 e. The zero-order valence-electron chi connectivity index (χ0n) is 77.4. The van der Waals surface area contributed by atoms with Crippen molar-refractivity contribution in [3.8, 4) is 0 Å². The van der Waals surface area contributed by atoms with E-state index in [1.54, 1.807) is 130 Å². The number of hydrogen-bond acceptors (Lipinski definition) is 18. The van der Waals surface area contributed by atoms with Gasteiger partial charge in [0.05, 0.1) is 79.3 Å². The second-order valence-electron chi connectivity index (χ2n) is 37.0. The van der Waals surface area contributed by atoms with Crippen molar-refractivity contribution in [3.05, 3.63) is 71.8 Å². The number of carbonyl (C=O) groups is 11. The van der Waals surface area contributed by atoms with E-state index in [0.717, 1.165) is 5.56 Å². The van der Waals surface area contributed by atoms with Gasteiger partial charge in [0.25, 0.3) is 0 Å². The molecular formula is C89H153N11O18Si2. The number of hydrogen-bond donors (Lipinski definition) is 8. The lowest BCUT2D eigenvalue weighted by atomic mass is 9.75. The quantitative estimate of drug-likeness (QED) is 0.0298. The predicted octanol–water partition coefficient (Wildman–Crippen LogP) is 7.46. The fraction of sp³-hybridized carbons (Fsp3) is 0.742. The largest absolute Gasteiger partial charge is 0.480 e. The first kappa shape index (κ1) is 105. The zero-order valence-corrected chi connectivity index (χ0v) is 79.4. The topological polar surface area (TPSA) is 365 Å². The van der Waals surface area contributed by atoms with Crippen molar-refractivity contribution in [1.29, 1.82) is 0 Å². The number of methoxy groups -OCH3 is 4. The van der Waals surface area contributed by atoms with Crippen LogP contribution in [-0.2, 0) is 84.5 Å². The van der Waals surface area contributed by atoms with Crippen LogP contribution in [0.3, 0.4) is 0 Å². The Morgan fingerprint density at radius 2 is 0.967 bits per heavy atom. The molecular weight excluding hydrogens is 1570 g/mol.